The Morgan fingerprint density at radius 1 is 1.10 bits per heavy atom. The SMILES string of the molecule is Fc1c(Cl)ncc2c(SCc3ccccc3)nc(Cl)nc12. The van der Waals surface area contributed by atoms with Crippen LogP contribution in [0, 0.1) is 5.82 Å². The Hall–Kier alpha value is -1.43. The van der Waals surface area contributed by atoms with Gasteiger partial charge >= 0.3 is 0 Å². The van der Waals surface area contributed by atoms with Gasteiger partial charge in [0.15, 0.2) is 11.0 Å². The Labute approximate surface area is 134 Å². The van der Waals surface area contributed by atoms with E-state index in [0.717, 1.165) is 5.56 Å². The molecule has 2 aromatic heterocycles. The molecule has 0 fully saturated rings. The summed E-state index contributed by atoms with van der Waals surface area (Å²) in [4.78, 5) is 11.9. The van der Waals surface area contributed by atoms with Crippen LogP contribution in [-0.2, 0) is 5.75 Å². The highest BCUT2D eigenvalue weighted by molar-refractivity contribution is 7.98. The van der Waals surface area contributed by atoms with E-state index in [4.69, 9.17) is 23.2 Å². The molecule has 0 aliphatic carbocycles. The molecular weight excluding hydrogens is 332 g/mol. The van der Waals surface area contributed by atoms with Gasteiger partial charge in [0, 0.05) is 11.9 Å². The summed E-state index contributed by atoms with van der Waals surface area (Å²) in [6.45, 7) is 0. The highest BCUT2D eigenvalue weighted by Gasteiger charge is 2.14. The summed E-state index contributed by atoms with van der Waals surface area (Å²) in [7, 11) is 0. The molecule has 3 nitrogen and oxygen atoms in total. The van der Waals surface area contributed by atoms with Gasteiger partial charge in [-0.1, -0.05) is 41.9 Å². The second-order valence-corrected chi connectivity index (χ2v) is 5.86. The molecule has 7 heteroatoms. The molecule has 0 aliphatic heterocycles. The van der Waals surface area contributed by atoms with Gasteiger partial charge in [0.1, 0.15) is 10.5 Å². The second-order valence-electron chi connectivity index (χ2n) is 4.20. The lowest BCUT2D eigenvalue weighted by Crippen LogP contribution is -1.95. The minimum atomic E-state index is -0.681. The first-order valence-electron chi connectivity index (χ1n) is 5.99. The van der Waals surface area contributed by atoms with Gasteiger partial charge in [-0.3, -0.25) is 0 Å². The van der Waals surface area contributed by atoms with Crippen molar-refractivity contribution in [1.29, 1.82) is 0 Å². The summed E-state index contributed by atoms with van der Waals surface area (Å²) >= 11 is 13.0. The van der Waals surface area contributed by atoms with Crippen molar-refractivity contribution < 1.29 is 4.39 Å². The number of aromatic nitrogens is 3. The van der Waals surface area contributed by atoms with E-state index in [-0.39, 0.29) is 16.0 Å². The predicted molar refractivity (Wildman–Crippen MR) is 83.3 cm³/mol. The molecule has 0 unspecified atom stereocenters. The van der Waals surface area contributed by atoms with Crippen molar-refractivity contribution >= 4 is 45.9 Å². The molecule has 3 rings (SSSR count). The third-order valence-electron chi connectivity index (χ3n) is 2.80. The summed E-state index contributed by atoms with van der Waals surface area (Å²) in [5, 5.41) is 0.842. The van der Waals surface area contributed by atoms with Gasteiger partial charge in [0.25, 0.3) is 0 Å². The molecule has 0 radical (unpaired) electrons. The number of pyridine rings is 1. The largest absolute Gasteiger partial charge is 0.241 e. The van der Waals surface area contributed by atoms with Gasteiger partial charge in [-0.2, -0.15) is 0 Å². The molecule has 0 bridgehead atoms. The van der Waals surface area contributed by atoms with E-state index in [0.29, 0.717) is 16.2 Å². The average molecular weight is 340 g/mol. The van der Waals surface area contributed by atoms with Gasteiger partial charge in [-0.25, -0.2) is 19.3 Å². The second kappa shape index (κ2) is 6.13. The summed E-state index contributed by atoms with van der Waals surface area (Å²) in [6.07, 6.45) is 1.46. The monoisotopic (exact) mass is 339 g/mol. The van der Waals surface area contributed by atoms with Crippen LogP contribution in [0.5, 0.6) is 0 Å². The zero-order chi connectivity index (χ0) is 14.8. The fourth-order valence-corrected chi connectivity index (χ4v) is 3.13. The molecule has 0 N–H and O–H groups in total. The molecule has 0 atom stereocenters. The highest BCUT2D eigenvalue weighted by atomic mass is 35.5. The molecular formula is C14H8Cl2FN3S. The topological polar surface area (TPSA) is 38.7 Å². The van der Waals surface area contributed by atoms with E-state index in [1.807, 2.05) is 30.3 Å². The van der Waals surface area contributed by atoms with Gasteiger partial charge in [0.2, 0.25) is 5.28 Å². The fourth-order valence-electron chi connectivity index (χ4n) is 1.82. The van der Waals surface area contributed by atoms with E-state index >= 15 is 0 Å². The molecule has 1 aromatic carbocycles. The van der Waals surface area contributed by atoms with Gasteiger partial charge in [-0.05, 0) is 17.2 Å². The van der Waals surface area contributed by atoms with Crippen LogP contribution in [0.1, 0.15) is 5.56 Å². The third kappa shape index (κ3) is 3.10. The van der Waals surface area contributed by atoms with Crippen LogP contribution < -0.4 is 0 Å². The van der Waals surface area contributed by atoms with Crippen molar-refractivity contribution in [2.45, 2.75) is 10.8 Å². The van der Waals surface area contributed by atoms with Crippen molar-refractivity contribution in [2.75, 3.05) is 0 Å². The number of hydrogen-bond acceptors (Lipinski definition) is 4. The molecule has 3 aromatic rings. The smallest absolute Gasteiger partial charge is 0.224 e. The van der Waals surface area contributed by atoms with Crippen LogP contribution >= 0.6 is 35.0 Å². The Kier molecular flexibility index (Phi) is 4.24. The van der Waals surface area contributed by atoms with Crippen LogP contribution in [0.4, 0.5) is 4.39 Å². The van der Waals surface area contributed by atoms with Crippen molar-refractivity contribution in [3.05, 3.63) is 58.3 Å². The Morgan fingerprint density at radius 2 is 1.86 bits per heavy atom. The minimum Gasteiger partial charge on any atom is -0.241 e. The molecule has 0 saturated carbocycles. The van der Waals surface area contributed by atoms with Crippen LogP contribution in [0.25, 0.3) is 10.9 Å². The maximum absolute atomic E-state index is 14.0. The van der Waals surface area contributed by atoms with Crippen molar-refractivity contribution in [1.82, 2.24) is 15.0 Å². The molecule has 0 saturated heterocycles. The van der Waals surface area contributed by atoms with Crippen LogP contribution in [0.2, 0.25) is 10.4 Å². The third-order valence-corrected chi connectivity index (χ3v) is 4.29. The highest BCUT2D eigenvalue weighted by Crippen LogP contribution is 2.31. The van der Waals surface area contributed by atoms with Crippen molar-refractivity contribution in [3.8, 4) is 0 Å². The van der Waals surface area contributed by atoms with E-state index < -0.39 is 5.82 Å². The lowest BCUT2D eigenvalue weighted by molar-refractivity contribution is 0.630. The molecule has 0 spiro atoms. The van der Waals surface area contributed by atoms with E-state index in [2.05, 4.69) is 15.0 Å². The normalized spacial score (nSPS) is 11.0. The maximum Gasteiger partial charge on any atom is 0.224 e. The first-order chi connectivity index (χ1) is 10.1. The quantitative estimate of drug-likeness (QED) is 0.298. The van der Waals surface area contributed by atoms with Gasteiger partial charge in [-0.15, -0.1) is 11.8 Å². The maximum atomic E-state index is 14.0. The van der Waals surface area contributed by atoms with E-state index in [9.17, 15) is 4.39 Å². The van der Waals surface area contributed by atoms with Crippen molar-refractivity contribution in [2.24, 2.45) is 0 Å². The predicted octanol–water partition coefficient (Wildman–Crippen LogP) is 4.76. The Bertz CT molecular complexity index is 799. The molecule has 21 heavy (non-hydrogen) atoms. The first-order valence-corrected chi connectivity index (χ1v) is 7.73. The van der Waals surface area contributed by atoms with E-state index in [1.165, 1.54) is 18.0 Å². The first kappa shape index (κ1) is 14.5. The molecule has 0 aliphatic rings. The molecule has 2 heterocycles. The fraction of sp³-hybridized carbons (Fsp3) is 0.0714. The van der Waals surface area contributed by atoms with E-state index in [1.54, 1.807) is 0 Å². The van der Waals surface area contributed by atoms with Crippen LogP contribution in [-0.4, -0.2) is 15.0 Å². The van der Waals surface area contributed by atoms with Gasteiger partial charge in [0.05, 0.1) is 5.39 Å². The zero-order valence-corrected chi connectivity index (χ0v) is 12.9. The number of halogens is 3. The zero-order valence-electron chi connectivity index (χ0n) is 10.6. The molecule has 0 amide bonds. The minimum absolute atomic E-state index is 0.0146. The number of benzene rings is 1. The van der Waals surface area contributed by atoms with Crippen molar-refractivity contribution in [3.63, 3.8) is 0 Å². The summed E-state index contributed by atoms with van der Waals surface area (Å²) in [6, 6.07) is 9.89. The average Bonchev–Trinajstić information content (AvgIpc) is 2.50. The number of rotatable bonds is 3. The lowest BCUT2D eigenvalue weighted by atomic mass is 10.2. The number of nitrogens with zero attached hydrogens (tertiary/aromatic N) is 3. The standard InChI is InChI=1S/C14H8Cl2FN3S/c15-12-10(17)11-9(6-18-12)13(20-14(16)19-11)21-7-8-4-2-1-3-5-8/h1-6H,7H2. The Balaban J connectivity index is 2.00. The molecule has 106 valence electrons. The number of fused-ring (bicyclic) bond motifs is 1. The summed E-state index contributed by atoms with van der Waals surface area (Å²) in [5.74, 6) is 0.00749. The van der Waals surface area contributed by atoms with Gasteiger partial charge < -0.3 is 0 Å². The Morgan fingerprint density at radius 3 is 2.62 bits per heavy atom. The van der Waals surface area contributed by atoms with Crippen LogP contribution in [0.15, 0.2) is 41.6 Å². The lowest BCUT2D eigenvalue weighted by Gasteiger charge is -2.07. The van der Waals surface area contributed by atoms with Crippen LogP contribution in [0.3, 0.4) is 0 Å². The summed E-state index contributed by atoms with van der Waals surface area (Å²) in [5.41, 5.74) is 1.22. The number of thioether (sulfide) groups is 1. The number of hydrogen-bond donors (Lipinski definition) is 0. The summed E-state index contributed by atoms with van der Waals surface area (Å²) < 4.78 is 14.0.